The van der Waals surface area contributed by atoms with Crippen molar-refractivity contribution in [1.29, 1.82) is 0 Å². The molecule has 0 spiro atoms. The maximum atomic E-state index is 13.7. The molecule has 0 saturated heterocycles. The number of hydrogen-bond donors (Lipinski definition) is 2. The van der Waals surface area contributed by atoms with E-state index in [4.69, 9.17) is 15.6 Å². The van der Waals surface area contributed by atoms with Crippen molar-refractivity contribution in [3.63, 3.8) is 0 Å². The number of rotatable bonds is 6. The molecule has 1 aromatic heterocycles. The highest BCUT2D eigenvalue weighted by molar-refractivity contribution is 5.73. The summed E-state index contributed by atoms with van der Waals surface area (Å²) in [6, 6.07) is 13.9. The summed E-state index contributed by atoms with van der Waals surface area (Å²) >= 11 is 0. The molecule has 7 heteroatoms. The lowest BCUT2D eigenvalue weighted by molar-refractivity contribution is -0.138. The van der Waals surface area contributed by atoms with Crippen LogP contribution in [0.15, 0.2) is 60.9 Å². The molecule has 0 unspecified atom stereocenters. The number of nitrogens with zero attached hydrogens (tertiary/aromatic N) is 2. The van der Waals surface area contributed by atoms with Crippen LogP contribution in [-0.2, 0) is 11.2 Å². The van der Waals surface area contributed by atoms with Crippen LogP contribution in [0.1, 0.15) is 5.56 Å². The van der Waals surface area contributed by atoms with E-state index in [2.05, 4.69) is 9.97 Å². The molecule has 3 aromatic rings. The van der Waals surface area contributed by atoms with Crippen LogP contribution in [0.25, 0.3) is 11.3 Å². The summed E-state index contributed by atoms with van der Waals surface area (Å²) in [7, 11) is 0. The zero-order valence-electron chi connectivity index (χ0n) is 13.7. The zero-order valence-corrected chi connectivity index (χ0v) is 13.7. The summed E-state index contributed by atoms with van der Waals surface area (Å²) in [4.78, 5) is 19.0. The minimum atomic E-state index is -1.04. The van der Waals surface area contributed by atoms with E-state index >= 15 is 0 Å². The Morgan fingerprint density at radius 3 is 2.58 bits per heavy atom. The summed E-state index contributed by atoms with van der Waals surface area (Å²) in [5.74, 6) is -1.22. The van der Waals surface area contributed by atoms with Gasteiger partial charge < -0.3 is 15.6 Å². The van der Waals surface area contributed by atoms with Crippen molar-refractivity contribution in [3.05, 3.63) is 72.3 Å². The predicted octanol–water partition coefficient (Wildman–Crippen LogP) is 3.03. The van der Waals surface area contributed by atoms with Gasteiger partial charge in [0.2, 0.25) is 5.88 Å². The Morgan fingerprint density at radius 1 is 1.15 bits per heavy atom. The van der Waals surface area contributed by atoms with Crippen molar-refractivity contribution < 1.29 is 19.0 Å². The Kier molecular flexibility index (Phi) is 5.19. The molecule has 3 rings (SSSR count). The van der Waals surface area contributed by atoms with Crippen LogP contribution in [0.5, 0.6) is 11.6 Å². The monoisotopic (exact) mass is 353 g/mol. The molecule has 0 amide bonds. The first-order chi connectivity index (χ1) is 12.5. The second-order valence-corrected chi connectivity index (χ2v) is 5.62. The third kappa shape index (κ3) is 4.20. The average molecular weight is 353 g/mol. The number of carboxylic acids is 1. The Labute approximate surface area is 149 Å². The number of carbonyl (C=O) groups is 1. The summed E-state index contributed by atoms with van der Waals surface area (Å²) in [5.41, 5.74) is 7.73. The van der Waals surface area contributed by atoms with Crippen LogP contribution in [0.4, 0.5) is 4.39 Å². The Morgan fingerprint density at radius 2 is 1.88 bits per heavy atom. The molecule has 1 heterocycles. The van der Waals surface area contributed by atoms with E-state index < -0.39 is 17.8 Å². The fourth-order valence-electron chi connectivity index (χ4n) is 2.35. The van der Waals surface area contributed by atoms with Crippen molar-refractivity contribution in [1.82, 2.24) is 9.97 Å². The quantitative estimate of drug-likeness (QED) is 0.707. The Bertz CT molecular complexity index is 916. The van der Waals surface area contributed by atoms with Crippen molar-refractivity contribution >= 4 is 5.97 Å². The van der Waals surface area contributed by atoms with Gasteiger partial charge in [-0.25, -0.2) is 14.4 Å². The van der Waals surface area contributed by atoms with Gasteiger partial charge >= 0.3 is 5.97 Å². The molecule has 0 aliphatic rings. The standard InChI is InChI=1S/C19H16FN3O3/c20-14-3-1-2-4-17(14)26-18-10-16(22-11-23-18)13-7-5-12(6-8-13)9-15(21)19(24)25/h1-8,10-11,15H,9,21H2,(H,24,25)/t15-/m0/s1. The highest BCUT2D eigenvalue weighted by Crippen LogP contribution is 2.25. The molecule has 2 aromatic carbocycles. The van der Waals surface area contributed by atoms with E-state index in [9.17, 15) is 9.18 Å². The molecule has 132 valence electrons. The summed E-state index contributed by atoms with van der Waals surface area (Å²) < 4.78 is 19.1. The number of carboxylic acid groups (broad SMARTS) is 1. The number of nitrogens with two attached hydrogens (primary N) is 1. The summed E-state index contributed by atoms with van der Waals surface area (Å²) in [6.45, 7) is 0. The first-order valence-electron chi connectivity index (χ1n) is 7.85. The maximum absolute atomic E-state index is 13.7. The fraction of sp³-hybridized carbons (Fsp3) is 0.105. The van der Waals surface area contributed by atoms with E-state index in [1.54, 1.807) is 42.5 Å². The molecule has 0 saturated carbocycles. The average Bonchev–Trinajstić information content (AvgIpc) is 2.64. The number of aromatic nitrogens is 2. The van der Waals surface area contributed by atoms with Gasteiger partial charge in [0.25, 0.3) is 0 Å². The largest absolute Gasteiger partial charge is 0.480 e. The lowest BCUT2D eigenvalue weighted by Gasteiger charge is -2.09. The van der Waals surface area contributed by atoms with Crippen molar-refractivity contribution in [2.45, 2.75) is 12.5 Å². The number of benzene rings is 2. The van der Waals surface area contributed by atoms with Gasteiger partial charge in [-0.15, -0.1) is 0 Å². The third-order valence-corrected chi connectivity index (χ3v) is 3.72. The topological polar surface area (TPSA) is 98.3 Å². The fourth-order valence-corrected chi connectivity index (χ4v) is 2.35. The molecule has 0 bridgehead atoms. The van der Waals surface area contributed by atoms with Gasteiger partial charge in [-0.1, -0.05) is 36.4 Å². The summed E-state index contributed by atoms with van der Waals surface area (Å²) in [5, 5.41) is 8.86. The van der Waals surface area contributed by atoms with Crippen LogP contribution in [0.3, 0.4) is 0 Å². The van der Waals surface area contributed by atoms with E-state index in [-0.39, 0.29) is 18.1 Å². The first-order valence-corrected chi connectivity index (χ1v) is 7.85. The maximum Gasteiger partial charge on any atom is 0.320 e. The van der Waals surface area contributed by atoms with Gasteiger partial charge in [0.15, 0.2) is 11.6 Å². The molecule has 0 aliphatic carbocycles. The number of halogens is 1. The van der Waals surface area contributed by atoms with Crippen LogP contribution in [-0.4, -0.2) is 27.1 Å². The van der Waals surface area contributed by atoms with Crippen LogP contribution in [0.2, 0.25) is 0 Å². The van der Waals surface area contributed by atoms with Crippen LogP contribution >= 0.6 is 0 Å². The zero-order chi connectivity index (χ0) is 18.5. The van der Waals surface area contributed by atoms with E-state index in [0.717, 1.165) is 11.1 Å². The molecule has 26 heavy (non-hydrogen) atoms. The molecular formula is C19H16FN3O3. The van der Waals surface area contributed by atoms with Gasteiger partial charge in [-0.3, -0.25) is 4.79 Å². The van der Waals surface area contributed by atoms with Crippen LogP contribution < -0.4 is 10.5 Å². The van der Waals surface area contributed by atoms with E-state index in [1.165, 1.54) is 18.5 Å². The molecule has 1 atom stereocenters. The third-order valence-electron chi connectivity index (χ3n) is 3.72. The highest BCUT2D eigenvalue weighted by atomic mass is 19.1. The lowest BCUT2D eigenvalue weighted by atomic mass is 10.0. The normalized spacial score (nSPS) is 11.8. The van der Waals surface area contributed by atoms with Crippen molar-refractivity contribution in [3.8, 4) is 22.9 Å². The number of hydrogen-bond acceptors (Lipinski definition) is 5. The van der Waals surface area contributed by atoms with Gasteiger partial charge in [-0.2, -0.15) is 0 Å². The molecule has 3 N–H and O–H groups in total. The smallest absolute Gasteiger partial charge is 0.320 e. The second-order valence-electron chi connectivity index (χ2n) is 5.62. The van der Waals surface area contributed by atoms with Crippen LogP contribution in [0, 0.1) is 5.82 Å². The van der Waals surface area contributed by atoms with E-state index in [1.807, 2.05) is 0 Å². The van der Waals surface area contributed by atoms with E-state index in [0.29, 0.717) is 5.69 Å². The predicted molar refractivity (Wildman–Crippen MR) is 93.3 cm³/mol. The van der Waals surface area contributed by atoms with Crippen molar-refractivity contribution in [2.24, 2.45) is 5.73 Å². The lowest BCUT2D eigenvalue weighted by Crippen LogP contribution is -2.32. The minimum Gasteiger partial charge on any atom is -0.480 e. The summed E-state index contributed by atoms with van der Waals surface area (Å²) in [6.07, 6.45) is 1.57. The Balaban J connectivity index is 1.77. The van der Waals surface area contributed by atoms with Gasteiger partial charge in [0, 0.05) is 11.6 Å². The van der Waals surface area contributed by atoms with Gasteiger partial charge in [0.1, 0.15) is 12.4 Å². The number of aliphatic carboxylic acids is 1. The SMILES string of the molecule is N[C@@H](Cc1ccc(-c2cc(Oc3ccccc3F)ncn2)cc1)C(=O)O. The molecule has 0 aliphatic heterocycles. The van der Waals surface area contributed by atoms with Gasteiger partial charge in [-0.05, 0) is 24.1 Å². The second kappa shape index (κ2) is 7.71. The molecule has 0 fully saturated rings. The van der Waals surface area contributed by atoms with Crippen molar-refractivity contribution in [2.75, 3.05) is 0 Å². The Hall–Kier alpha value is -3.32. The van der Waals surface area contributed by atoms with Gasteiger partial charge in [0.05, 0.1) is 5.69 Å². The molecular weight excluding hydrogens is 337 g/mol. The highest BCUT2D eigenvalue weighted by Gasteiger charge is 2.12. The molecule has 6 nitrogen and oxygen atoms in total. The minimum absolute atomic E-state index is 0.0788. The molecule has 0 radical (unpaired) electrons. The first kappa shape index (κ1) is 17.5. The number of para-hydroxylation sites is 1. The number of ether oxygens (including phenoxy) is 1.